The number of carbonyl (C=O) groups excluding carboxylic acids is 1. The third-order valence-corrected chi connectivity index (χ3v) is 5.31. The molecule has 0 saturated carbocycles. The fourth-order valence-corrected chi connectivity index (χ4v) is 3.88. The highest BCUT2D eigenvalue weighted by Gasteiger charge is 2.42. The van der Waals surface area contributed by atoms with Crippen LogP contribution < -0.4 is 15.5 Å². The van der Waals surface area contributed by atoms with E-state index in [0.717, 1.165) is 50.9 Å². The van der Waals surface area contributed by atoms with Gasteiger partial charge in [-0.1, -0.05) is 5.16 Å². The first-order valence-corrected chi connectivity index (χ1v) is 9.07. The third-order valence-electron chi connectivity index (χ3n) is 5.31. The zero-order valence-electron chi connectivity index (χ0n) is 14.5. The number of anilines is 2. The van der Waals surface area contributed by atoms with E-state index in [0.29, 0.717) is 19.5 Å². The largest absolute Gasteiger partial charge is 0.388 e. The summed E-state index contributed by atoms with van der Waals surface area (Å²) in [5, 5.41) is 9.70. The summed E-state index contributed by atoms with van der Waals surface area (Å²) in [6, 6.07) is 2.32. The number of rotatable bonds is 3. The van der Waals surface area contributed by atoms with E-state index in [2.05, 4.69) is 15.8 Å². The number of hydrogen-bond acceptors (Lipinski definition) is 5. The number of piperidine rings is 1. The van der Waals surface area contributed by atoms with Crippen LogP contribution in [-0.2, 0) is 9.63 Å². The third kappa shape index (κ3) is 3.25. The maximum absolute atomic E-state index is 14.4. The zero-order valence-corrected chi connectivity index (χ0v) is 14.5. The minimum atomic E-state index is -0.665. The van der Waals surface area contributed by atoms with Crippen molar-refractivity contribution < 1.29 is 18.4 Å². The standard InChI is InChI=1S/C18H22F2N4O2/c19-13-9-12(10-14(20)16(13)24-7-1-2-8-24)22-17(25)15-11-18(26-23-15)3-5-21-6-4-18/h9-10,21H,1-8,11H2,(H,22,25). The molecule has 1 aromatic carbocycles. The van der Waals surface area contributed by atoms with Crippen molar-refractivity contribution in [1.82, 2.24) is 5.32 Å². The van der Waals surface area contributed by atoms with Crippen LogP contribution in [0.1, 0.15) is 32.1 Å². The Morgan fingerprint density at radius 3 is 2.50 bits per heavy atom. The van der Waals surface area contributed by atoms with Crippen LogP contribution in [0.5, 0.6) is 0 Å². The van der Waals surface area contributed by atoms with Gasteiger partial charge >= 0.3 is 0 Å². The maximum atomic E-state index is 14.4. The molecule has 8 heteroatoms. The maximum Gasteiger partial charge on any atom is 0.273 e. The van der Waals surface area contributed by atoms with Gasteiger partial charge in [0.05, 0.1) is 0 Å². The molecule has 3 heterocycles. The molecule has 6 nitrogen and oxygen atoms in total. The van der Waals surface area contributed by atoms with E-state index in [1.54, 1.807) is 4.90 Å². The minimum Gasteiger partial charge on any atom is -0.388 e. The minimum absolute atomic E-state index is 0.0179. The first kappa shape index (κ1) is 17.2. The van der Waals surface area contributed by atoms with Crippen molar-refractivity contribution in [3.63, 3.8) is 0 Å². The molecule has 3 aliphatic rings. The zero-order chi connectivity index (χ0) is 18.1. The lowest BCUT2D eigenvalue weighted by Gasteiger charge is -2.30. The molecule has 0 aliphatic carbocycles. The number of halogens is 2. The normalized spacial score (nSPS) is 21.6. The second-order valence-electron chi connectivity index (χ2n) is 7.18. The fraction of sp³-hybridized carbons (Fsp3) is 0.556. The highest BCUT2D eigenvalue weighted by molar-refractivity contribution is 6.43. The van der Waals surface area contributed by atoms with E-state index in [9.17, 15) is 13.6 Å². The van der Waals surface area contributed by atoms with Crippen LogP contribution in [0.3, 0.4) is 0 Å². The van der Waals surface area contributed by atoms with Gasteiger partial charge in [0.15, 0.2) is 11.6 Å². The van der Waals surface area contributed by atoms with Crippen molar-refractivity contribution in [2.24, 2.45) is 5.16 Å². The van der Waals surface area contributed by atoms with Crippen molar-refractivity contribution in [1.29, 1.82) is 0 Å². The molecule has 2 fully saturated rings. The number of oxime groups is 1. The highest BCUT2D eigenvalue weighted by Crippen LogP contribution is 2.33. The summed E-state index contributed by atoms with van der Waals surface area (Å²) in [7, 11) is 0. The molecule has 0 bridgehead atoms. The molecule has 0 atom stereocenters. The van der Waals surface area contributed by atoms with Gasteiger partial charge in [0.1, 0.15) is 17.0 Å². The van der Waals surface area contributed by atoms with Gasteiger partial charge in [-0.15, -0.1) is 0 Å². The summed E-state index contributed by atoms with van der Waals surface area (Å²) in [6.07, 6.45) is 3.82. The number of benzene rings is 1. The first-order valence-electron chi connectivity index (χ1n) is 9.07. The van der Waals surface area contributed by atoms with Gasteiger partial charge in [-0.05, 0) is 38.1 Å². The van der Waals surface area contributed by atoms with E-state index in [4.69, 9.17) is 4.84 Å². The van der Waals surface area contributed by atoms with Crippen molar-refractivity contribution in [3.8, 4) is 0 Å². The molecule has 4 rings (SSSR count). The Balaban J connectivity index is 1.45. The number of hydrogen-bond donors (Lipinski definition) is 2. The van der Waals surface area contributed by atoms with E-state index in [1.807, 2.05) is 0 Å². The van der Waals surface area contributed by atoms with Crippen molar-refractivity contribution in [3.05, 3.63) is 23.8 Å². The Morgan fingerprint density at radius 2 is 1.85 bits per heavy atom. The van der Waals surface area contributed by atoms with Gasteiger partial charge < -0.3 is 20.4 Å². The monoisotopic (exact) mass is 364 g/mol. The average molecular weight is 364 g/mol. The van der Waals surface area contributed by atoms with Gasteiger partial charge in [-0.25, -0.2) is 8.78 Å². The summed E-state index contributed by atoms with van der Waals surface area (Å²) < 4.78 is 28.8. The topological polar surface area (TPSA) is 66.0 Å². The van der Waals surface area contributed by atoms with Crippen molar-refractivity contribution in [2.75, 3.05) is 36.4 Å². The lowest BCUT2D eigenvalue weighted by molar-refractivity contribution is -0.110. The van der Waals surface area contributed by atoms with Crippen LogP contribution in [0.2, 0.25) is 0 Å². The quantitative estimate of drug-likeness (QED) is 0.864. The SMILES string of the molecule is O=C(Nc1cc(F)c(N2CCCC2)c(F)c1)C1=NOC2(CCNCC2)C1. The van der Waals surface area contributed by atoms with E-state index < -0.39 is 23.1 Å². The second-order valence-corrected chi connectivity index (χ2v) is 7.18. The Morgan fingerprint density at radius 1 is 1.19 bits per heavy atom. The highest BCUT2D eigenvalue weighted by atomic mass is 19.1. The summed E-state index contributed by atoms with van der Waals surface area (Å²) in [5.74, 6) is -1.81. The number of carbonyl (C=O) groups is 1. The second kappa shape index (κ2) is 6.83. The fourth-order valence-electron chi connectivity index (χ4n) is 3.88. The van der Waals surface area contributed by atoms with Gasteiger partial charge in [-0.3, -0.25) is 4.79 Å². The Kier molecular flexibility index (Phi) is 4.52. The van der Waals surface area contributed by atoms with Crippen molar-refractivity contribution in [2.45, 2.75) is 37.7 Å². The summed E-state index contributed by atoms with van der Waals surface area (Å²) in [5.41, 5.74) is -0.0949. The van der Waals surface area contributed by atoms with Crippen molar-refractivity contribution >= 4 is 23.0 Å². The first-order chi connectivity index (χ1) is 12.6. The lowest BCUT2D eigenvalue weighted by Crippen LogP contribution is -2.42. The average Bonchev–Trinajstić information content (AvgIpc) is 3.26. The Hall–Kier alpha value is -2.22. The predicted molar refractivity (Wildman–Crippen MR) is 94.4 cm³/mol. The molecule has 26 heavy (non-hydrogen) atoms. The molecule has 2 saturated heterocycles. The van der Waals surface area contributed by atoms with E-state index >= 15 is 0 Å². The summed E-state index contributed by atoms with van der Waals surface area (Å²) in [4.78, 5) is 19.6. The molecule has 1 aromatic rings. The van der Waals surface area contributed by atoms with Gasteiger partial charge in [0.2, 0.25) is 0 Å². The van der Waals surface area contributed by atoms with Crippen LogP contribution in [-0.4, -0.2) is 43.4 Å². The van der Waals surface area contributed by atoms with E-state index in [1.165, 1.54) is 0 Å². The molecule has 140 valence electrons. The van der Waals surface area contributed by atoms with Crippen LogP contribution in [0, 0.1) is 11.6 Å². The summed E-state index contributed by atoms with van der Waals surface area (Å²) in [6.45, 7) is 2.92. The molecule has 3 aliphatic heterocycles. The van der Waals surface area contributed by atoms with Crippen LogP contribution in [0.4, 0.5) is 20.2 Å². The lowest BCUT2D eigenvalue weighted by atomic mass is 9.87. The number of amides is 1. The smallest absolute Gasteiger partial charge is 0.273 e. The molecule has 0 unspecified atom stereocenters. The molecular weight excluding hydrogens is 342 g/mol. The predicted octanol–water partition coefficient (Wildman–Crippen LogP) is 2.40. The van der Waals surface area contributed by atoms with Crippen LogP contribution >= 0.6 is 0 Å². The Labute approximate surface area is 150 Å². The van der Waals surface area contributed by atoms with Gasteiger partial charge in [0, 0.05) is 38.0 Å². The van der Waals surface area contributed by atoms with Crippen LogP contribution in [0.15, 0.2) is 17.3 Å². The Bertz CT molecular complexity index is 718. The van der Waals surface area contributed by atoms with Crippen LogP contribution in [0.25, 0.3) is 0 Å². The van der Waals surface area contributed by atoms with Gasteiger partial charge in [-0.2, -0.15) is 0 Å². The molecule has 1 amide bonds. The number of nitrogens with one attached hydrogen (secondary N) is 2. The molecule has 2 N–H and O–H groups in total. The molecule has 0 aromatic heterocycles. The number of nitrogens with zero attached hydrogens (tertiary/aromatic N) is 2. The molecule has 0 radical (unpaired) electrons. The summed E-state index contributed by atoms with van der Waals surface area (Å²) >= 11 is 0. The molecular formula is C18H22F2N4O2. The van der Waals surface area contributed by atoms with E-state index in [-0.39, 0.29) is 17.1 Å². The molecule has 1 spiro atoms. The van der Waals surface area contributed by atoms with Gasteiger partial charge in [0.25, 0.3) is 5.91 Å².